The first kappa shape index (κ1) is 18.6. The van der Waals surface area contributed by atoms with Crippen LogP contribution in [0.4, 0.5) is 0 Å². The molecule has 0 aromatic carbocycles. The van der Waals surface area contributed by atoms with Crippen LogP contribution in [-0.4, -0.2) is 110 Å². The zero-order valence-corrected chi connectivity index (χ0v) is 11.9. The van der Waals surface area contributed by atoms with E-state index in [4.69, 9.17) is 19.3 Å². The summed E-state index contributed by atoms with van der Waals surface area (Å²) in [4.78, 5) is 11.7. The van der Waals surface area contributed by atoms with E-state index in [1.165, 1.54) is 0 Å². The second kappa shape index (κ2) is 7.44. The molecule has 11 nitrogen and oxygen atoms in total. The molecule has 0 aromatic rings. The van der Waals surface area contributed by atoms with Gasteiger partial charge in [0.15, 0.2) is 24.5 Å². The molecule has 0 aromatic heterocycles. The molecule has 1 unspecified atom stereocenters. The molecule has 2 aliphatic heterocycles. The van der Waals surface area contributed by atoms with E-state index in [0.717, 1.165) is 0 Å². The van der Waals surface area contributed by atoms with Gasteiger partial charge in [0, 0.05) is 0 Å². The summed E-state index contributed by atoms with van der Waals surface area (Å²) in [5, 5.41) is 66.4. The Morgan fingerprint density at radius 1 is 0.870 bits per heavy atom. The van der Waals surface area contributed by atoms with Crippen LogP contribution in [0.2, 0.25) is 0 Å². The lowest BCUT2D eigenvalue weighted by Crippen LogP contribution is -2.63. The van der Waals surface area contributed by atoms with E-state index in [-0.39, 0.29) is 0 Å². The van der Waals surface area contributed by atoms with Gasteiger partial charge in [-0.25, -0.2) is 0 Å². The number of aliphatic hydroxyl groups is 7. The van der Waals surface area contributed by atoms with Crippen molar-refractivity contribution in [1.29, 1.82) is 0 Å². The van der Waals surface area contributed by atoms with Crippen molar-refractivity contribution < 1.29 is 54.8 Å². The number of ketones is 1. The maximum atomic E-state index is 11.7. The minimum atomic E-state index is -1.91. The highest BCUT2D eigenvalue weighted by atomic mass is 16.7. The van der Waals surface area contributed by atoms with Crippen molar-refractivity contribution in [3.05, 3.63) is 0 Å². The van der Waals surface area contributed by atoms with Crippen molar-refractivity contribution in [2.24, 2.45) is 0 Å². The molecule has 134 valence electrons. The van der Waals surface area contributed by atoms with Crippen LogP contribution >= 0.6 is 0 Å². The first-order valence-electron chi connectivity index (χ1n) is 6.94. The van der Waals surface area contributed by atoms with E-state index in [1.807, 2.05) is 0 Å². The topological polar surface area (TPSA) is 186 Å². The van der Waals surface area contributed by atoms with Gasteiger partial charge >= 0.3 is 0 Å². The fourth-order valence-corrected chi connectivity index (χ4v) is 2.45. The highest BCUT2D eigenvalue weighted by Gasteiger charge is 2.50. The number of carbonyl (C=O) groups excluding carboxylic acids is 1. The third-order valence-corrected chi connectivity index (χ3v) is 3.81. The summed E-state index contributed by atoms with van der Waals surface area (Å²) >= 11 is 0. The van der Waals surface area contributed by atoms with E-state index in [2.05, 4.69) is 0 Å². The lowest BCUT2D eigenvalue weighted by Gasteiger charge is -2.43. The highest BCUT2D eigenvalue weighted by Crippen LogP contribution is 2.27. The minimum Gasteiger partial charge on any atom is -0.394 e. The Hall–Kier alpha value is -0.730. The van der Waals surface area contributed by atoms with Crippen LogP contribution in [0.1, 0.15) is 0 Å². The average Bonchev–Trinajstić information content (AvgIpc) is 2.55. The van der Waals surface area contributed by atoms with Crippen molar-refractivity contribution in [3.8, 4) is 0 Å². The number of carbonyl (C=O) groups is 1. The van der Waals surface area contributed by atoms with Gasteiger partial charge in [-0.3, -0.25) is 4.79 Å². The number of ether oxygens (including phenoxy) is 3. The van der Waals surface area contributed by atoms with Crippen molar-refractivity contribution in [2.75, 3.05) is 13.2 Å². The molecule has 0 spiro atoms. The fraction of sp³-hybridized carbons (Fsp3) is 0.917. The van der Waals surface area contributed by atoms with Crippen LogP contribution in [0.25, 0.3) is 0 Å². The maximum absolute atomic E-state index is 11.7. The molecule has 0 radical (unpaired) electrons. The fourth-order valence-electron chi connectivity index (χ4n) is 2.45. The summed E-state index contributed by atoms with van der Waals surface area (Å²) in [5.41, 5.74) is 0. The van der Waals surface area contributed by atoms with Gasteiger partial charge < -0.3 is 50.0 Å². The molecule has 9 atom stereocenters. The first-order chi connectivity index (χ1) is 10.8. The number of Topliss-reactive ketones (excluding diaryl/α,β-unsaturated/α-hetero) is 1. The Balaban J connectivity index is 2.13. The van der Waals surface area contributed by atoms with Gasteiger partial charge in [-0.1, -0.05) is 0 Å². The molecule has 2 heterocycles. The normalized spacial score (nSPS) is 48.5. The summed E-state index contributed by atoms with van der Waals surface area (Å²) < 4.78 is 15.1. The van der Waals surface area contributed by atoms with Gasteiger partial charge in [0.2, 0.25) is 0 Å². The molecule has 0 saturated carbocycles. The molecule has 0 amide bonds. The highest BCUT2D eigenvalue weighted by molar-refractivity contribution is 5.88. The largest absolute Gasteiger partial charge is 0.394 e. The Bertz CT molecular complexity index is 416. The zero-order chi connectivity index (χ0) is 17.3. The first-order valence-corrected chi connectivity index (χ1v) is 6.94. The second-order valence-electron chi connectivity index (χ2n) is 5.35. The summed E-state index contributed by atoms with van der Waals surface area (Å²) in [6.45, 7) is -1.43. The Morgan fingerprint density at radius 3 is 2.04 bits per heavy atom. The number of rotatable bonds is 4. The third-order valence-electron chi connectivity index (χ3n) is 3.81. The molecule has 2 saturated heterocycles. The smallest absolute Gasteiger partial charge is 0.197 e. The monoisotopic (exact) mass is 340 g/mol. The van der Waals surface area contributed by atoms with Crippen molar-refractivity contribution in [1.82, 2.24) is 0 Å². The van der Waals surface area contributed by atoms with Crippen LogP contribution in [0.15, 0.2) is 0 Å². The van der Waals surface area contributed by atoms with E-state index in [0.29, 0.717) is 0 Å². The third kappa shape index (κ3) is 3.53. The minimum absolute atomic E-state index is 0.700. The van der Waals surface area contributed by atoms with E-state index in [1.54, 1.807) is 0 Å². The molecular weight excluding hydrogens is 320 g/mol. The molecule has 23 heavy (non-hydrogen) atoms. The molecule has 2 rings (SSSR count). The second-order valence-corrected chi connectivity index (χ2v) is 5.35. The maximum Gasteiger partial charge on any atom is 0.197 e. The summed E-state index contributed by atoms with van der Waals surface area (Å²) in [5.74, 6) is -1.05. The Morgan fingerprint density at radius 2 is 1.48 bits per heavy atom. The van der Waals surface area contributed by atoms with Gasteiger partial charge in [-0.15, -0.1) is 0 Å². The number of aliphatic hydroxyl groups excluding tert-OH is 7. The lowest BCUT2D eigenvalue weighted by atomic mass is 9.98. The molecule has 0 bridgehead atoms. The van der Waals surface area contributed by atoms with Crippen LogP contribution in [-0.2, 0) is 19.0 Å². The van der Waals surface area contributed by atoms with E-state index >= 15 is 0 Å². The van der Waals surface area contributed by atoms with Gasteiger partial charge in [0.1, 0.15) is 36.6 Å². The molecule has 7 N–H and O–H groups in total. The SMILES string of the molecule is O=C1[C@@H](O)[C@@H](O[C@H]2[C@H](O)[C@@H](O)C(O)O[C@@H]2CO)O[C@H](CO)[C@H]1O. The van der Waals surface area contributed by atoms with Crippen molar-refractivity contribution in [2.45, 2.75) is 55.3 Å². The quantitative estimate of drug-likeness (QED) is 0.259. The van der Waals surface area contributed by atoms with Gasteiger partial charge in [-0.2, -0.15) is 0 Å². The van der Waals surface area contributed by atoms with E-state index < -0.39 is 74.3 Å². The summed E-state index contributed by atoms with van der Waals surface area (Å²) in [6, 6.07) is 0. The van der Waals surface area contributed by atoms with E-state index in [9.17, 15) is 35.4 Å². The predicted octanol–water partition coefficient (Wildman–Crippen LogP) is -5.19. The van der Waals surface area contributed by atoms with Gasteiger partial charge in [0.05, 0.1) is 13.2 Å². The van der Waals surface area contributed by atoms with Crippen LogP contribution in [0.3, 0.4) is 0 Å². The number of hydrogen-bond donors (Lipinski definition) is 7. The Labute approximate surface area is 130 Å². The number of hydrogen-bond acceptors (Lipinski definition) is 11. The van der Waals surface area contributed by atoms with Gasteiger partial charge in [0.25, 0.3) is 0 Å². The summed E-state index contributed by atoms with van der Waals surface area (Å²) in [6.07, 6.45) is -14.6. The van der Waals surface area contributed by atoms with Crippen molar-refractivity contribution >= 4 is 5.78 Å². The molecule has 2 fully saturated rings. The molecular formula is C12H20O11. The molecule has 0 aliphatic carbocycles. The Kier molecular flexibility index (Phi) is 6.02. The predicted molar refractivity (Wildman–Crippen MR) is 67.6 cm³/mol. The lowest BCUT2D eigenvalue weighted by molar-refractivity contribution is -0.336. The van der Waals surface area contributed by atoms with Crippen LogP contribution < -0.4 is 0 Å². The van der Waals surface area contributed by atoms with Crippen LogP contribution in [0.5, 0.6) is 0 Å². The summed E-state index contributed by atoms with van der Waals surface area (Å²) in [7, 11) is 0. The van der Waals surface area contributed by atoms with Gasteiger partial charge in [-0.05, 0) is 0 Å². The van der Waals surface area contributed by atoms with Crippen LogP contribution in [0, 0.1) is 0 Å². The van der Waals surface area contributed by atoms with Crippen molar-refractivity contribution in [3.63, 3.8) is 0 Å². The molecule has 2 aliphatic rings. The standard InChI is InChI=1S/C12H20O11/c13-1-3-5(15)6(16)9(19)12(22-3)23-10-4(2-14)21-11(20)8(18)7(10)17/h3-5,7-15,17-20H,1-2H2/t3-,4-,5-,7-,8-,9-,10-,11?,12-/m1/s1. The average molecular weight is 340 g/mol. The zero-order valence-electron chi connectivity index (χ0n) is 11.9. The molecule has 11 heteroatoms.